The number of benzene rings is 21. The summed E-state index contributed by atoms with van der Waals surface area (Å²) in [6.07, 6.45) is 1.87. The number of para-hydroxylation sites is 6. The summed E-state index contributed by atoms with van der Waals surface area (Å²) < 4.78 is 11.8. The van der Waals surface area contributed by atoms with E-state index in [0.29, 0.717) is 17.5 Å². The van der Waals surface area contributed by atoms with E-state index in [1.165, 1.54) is 181 Å². The van der Waals surface area contributed by atoms with Crippen LogP contribution >= 0.6 is 0 Å². The second-order valence-corrected chi connectivity index (χ2v) is 35.2. The molecule has 0 N–H and O–H groups in total. The van der Waals surface area contributed by atoms with Crippen LogP contribution in [0, 0.1) is 0 Å². The summed E-state index contributed by atoms with van der Waals surface area (Å²) in [5.41, 5.74) is 29.1. The Balaban J connectivity index is 0.000000107. The van der Waals surface area contributed by atoms with Gasteiger partial charge in [-0.25, -0.2) is 19.9 Å². The second-order valence-electron chi connectivity index (χ2n) is 35.2. The first-order chi connectivity index (χ1) is 67.9. The average molecular weight is 1750 g/mol. The average Bonchev–Trinajstić information content (AvgIpc) is 1.49. The predicted octanol–water partition coefficient (Wildman–Crippen LogP) is 33.3. The van der Waals surface area contributed by atoms with Gasteiger partial charge in [-0.15, -0.1) is 0 Å². The van der Waals surface area contributed by atoms with E-state index in [-0.39, 0.29) is 0 Å². The van der Waals surface area contributed by atoms with Crippen molar-refractivity contribution in [2.75, 3.05) is 0 Å². The molecule has 137 heavy (non-hydrogen) atoms. The number of pyridine rings is 1. The molecule has 7 aromatic heterocycles. The molecule has 0 radical (unpaired) electrons. The molecule has 21 aromatic carbocycles. The molecular weight excluding hydrogens is 1660 g/mol. The summed E-state index contributed by atoms with van der Waals surface area (Å²) in [7, 11) is 0. The van der Waals surface area contributed by atoms with E-state index in [1.54, 1.807) is 0 Å². The van der Waals surface area contributed by atoms with E-state index in [1.807, 2.05) is 42.6 Å². The monoisotopic (exact) mass is 1750 g/mol. The van der Waals surface area contributed by atoms with Crippen LogP contribution < -0.4 is 0 Å². The van der Waals surface area contributed by atoms with Gasteiger partial charge < -0.3 is 18.3 Å². The molecule has 0 bridgehead atoms. The lowest BCUT2D eigenvalue weighted by Gasteiger charge is -2.11. The predicted molar refractivity (Wildman–Crippen MR) is 573 cm³/mol. The first-order valence-electron chi connectivity index (χ1n) is 46.6. The van der Waals surface area contributed by atoms with Crippen LogP contribution in [0.2, 0.25) is 0 Å². The highest BCUT2D eigenvalue weighted by Crippen LogP contribution is 2.45. The largest absolute Gasteiger partial charge is 0.309 e. The molecule has 9 heteroatoms. The van der Waals surface area contributed by atoms with E-state index in [4.69, 9.17) is 19.9 Å². The standard InChI is InChI=1S/C48H32N2.C40H25N5.C40H26N2/c1-3-11-33(12-4-1)35-19-25-39(26-20-35)49-45-17-9-7-15-41(45)43-31-37(23-29-47(43)49)38-24-30-48-44(32-38)42-16-8-10-18-46(42)50(48)40-27-21-36(22-28-40)34-13-5-2-6-14-34;1-2-12-28(13-3-1)38-42-39(30-19-18-26-10-4-5-14-29(26)24-30)44-40(43-38)31-21-23-36(41-25-31)45-34-17-9-8-16-33(34)37-32-15-7-6-11-27(32)20-22-35(37)45;1-2-12-31(13-3-1)41-37-16-8-6-14-33(37)35-25-29(19-22-39(35)41)30-20-23-40-36(26-30)34-15-7-9-17-38(34)42(40)32-21-18-27-10-4-5-11-28(27)24-32/h1-32H;1-25H;1-26H. The van der Waals surface area contributed by atoms with Crippen molar-refractivity contribution in [3.8, 4) is 107 Å². The Morgan fingerprint density at radius 3 is 0.869 bits per heavy atom. The molecule has 28 rings (SSSR count). The van der Waals surface area contributed by atoms with Crippen LogP contribution in [0.25, 0.3) is 249 Å². The Bertz CT molecular complexity index is 9370. The van der Waals surface area contributed by atoms with Crippen LogP contribution in [-0.4, -0.2) is 42.8 Å². The first kappa shape index (κ1) is 79.5. The molecular formula is C128H83N9. The van der Waals surface area contributed by atoms with Crippen molar-refractivity contribution in [3.05, 3.63) is 504 Å². The van der Waals surface area contributed by atoms with Crippen LogP contribution in [0.5, 0.6) is 0 Å². The molecule has 0 fully saturated rings. The first-order valence-corrected chi connectivity index (χ1v) is 46.6. The minimum Gasteiger partial charge on any atom is -0.309 e. The van der Waals surface area contributed by atoms with Gasteiger partial charge in [-0.3, -0.25) is 4.57 Å². The third kappa shape index (κ3) is 14.0. The van der Waals surface area contributed by atoms with Crippen molar-refractivity contribution in [2.45, 2.75) is 0 Å². The van der Waals surface area contributed by atoms with E-state index in [2.05, 4.69) is 484 Å². The lowest BCUT2D eigenvalue weighted by molar-refractivity contribution is 1.05. The Morgan fingerprint density at radius 2 is 0.423 bits per heavy atom. The SMILES string of the molecule is c1ccc(-c2ccc(-n3c4ccccc4c4cc(-c5ccc6c(c5)c5ccccc5n6-c5ccc(-c6ccccc6)cc5)ccc43)cc2)cc1.c1ccc(-c2nc(-c3ccc(-n4c5ccccc5c5c6ccccc6ccc54)nc3)nc(-c3ccc4ccccc4c3)n2)cc1.c1ccc(-n2c3ccccc3c3cc(-c4ccc5c(c4)c4ccccc4n5-c4ccc5ccccc5c4)ccc32)cc1. The van der Waals surface area contributed by atoms with Crippen molar-refractivity contribution >= 4 is 141 Å². The zero-order valence-corrected chi connectivity index (χ0v) is 74.4. The van der Waals surface area contributed by atoms with Gasteiger partial charge in [0, 0.05) is 99.5 Å². The molecule has 0 amide bonds. The van der Waals surface area contributed by atoms with Crippen molar-refractivity contribution < 1.29 is 0 Å². The fourth-order valence-electron chi connectivity index (χ4n) is 20.8. The van der Waals surface area contributed by atoms with E-state index in [0.717, 1.165) is 50.3 Å². The molecule has 0 aliphatic carbocycles. The van der Waals surface area contributed by atoms with Crippen LogP contribution in [-0.2, 0) is 0 Å². The van der Waals surface area contributed by atoms with E-state index < -0.39 is 0 Å². The van der Waals surface area contributed by atoms with Crippen molar-refractivity contribution in [1.29, 1.82) is 0 Å². The maximum Gasteiger partial charge on any atom is 0.165 e. The zero-order valence-electron chi connectivity index (χ0n) is 74.4. The van der Waals surface area contributed by atoms with Gasteiger partial charge in [-0.05, 0) is 228 Å². The highest BCUT2D eigenvalue weighted by molar-refractivity contribution is 6.22. The molecule has 28 aromatic rings. The second kappa shape index (κ2) is 33.4. The van der Waals surface area contributed by atoms with Crippen LogP contribution in [0.1, 0.15) is 0 Å². The topological polar surface area (TPSA) is 76.2 Å². The summed E-state index contributed by atoms with van der Waals surface area (Å²) in [6, 6.07) is 178. The Kier molecular flexibility index (Phi) is 19.4. The summed E-state index contributed by atoms with van der Waals surface area (Å²) in [5, 5.41) is 19.8. The lowest BCUT2D eigenvalue weighted by atomic mass is 10.0. The van der Waals surface area contributed by atoms with E-state index >= 15 is 0 Å². The Labute approximate surface area is 789 Å². The highest BCUT2D eigenvalue weighted by atomic mass is 15.1. The molecule has 640 valence electrons. The number of fused-ring (bicyclic) bond motifs is 19. The Morgan fingerprint density at radius 1 is 0.139 bits per heavy atom. The number of nitrogens with zero attached hydrogens (tertiary/aromatic N) is 9. The zero-order chi connectivity index (χ0) is 90.4. The Hall–Kier alpha value is -18.4. The van der Waals surface area contributed by atoms with Gasteiger partial charge in [0.25, 0.3) is 0 Å². The quantitative estimate of drug-likeness (QED) is 0.122. The summed E-state index contributed by atoms with van der Waals surface area (Å²) in [5.74, 6) is 2.68. The molecule has 0 aliphatic rings. The summed E-state index contributed by atoms with van der Waals surface area (Å²) in [6.45, 7) is 0. The molecule has 0 spiro atoms. The van der Waals surface area contributed by atoms with E-state index in [9.17, 15) is 0 Å². The minimum atomic E-state index is 0.583. The van der Waals surface area contributed by atoms with Gasteiger partial charge in [-0.1, -0.05) is 346 Å². The van der Waals surface area contributed by atoms with Gasteiger partial charge in [-0.2, -0.15) is 0 Å². The van der Waals surface area contributed by atoms with Crippen LogP contribution in [0.4, 0.5) is 0 Å². The third-order valence-corrected chi connectivity index (χ3v) is 27.3. The molecule has 0 saturated carbocycles. The van der Waals surface area contributed by atoms with Crippen molar-refractivity contribution in [3.63, 3.8) is 0 Å². The molecule has 7 heterocycles. The molecule has 0 atom stereocenters. The maximum atomic E-state index is 4.99. The molecule has 0 unspecified atom stereocenters. The molecule has 9 nitrogen and oxygen atoms in total. The summed E-state index contributed by atoms with van der Waals surface area (Å²) in [4.78, 5) is 19.8. The number of rotatable bonds is 12. The maximum absolute atomic E-state index is 4.99. The number of hydrogen-bond donors (Lipinski definition) is 0. The smallest absolute Gasteiger partial charge is 0.165 e. The molecule has 0 saturated heterocycles. The van der Waals surface area contributed by atoms with Gasteiger partial charge in [0.15, 0.2) is 17.5 Å². The summed E-state index contributed by atoms with van der Waals surface area (Å²) >= 11 is 0. The minimum absolute atomic E-state index is 0.583. The normalized spacial score (nSPS) is 11.6. The van der Waals surface area contributed by atoms with Gasteiger partial charge in [0.1, 0.15) is 5.82 Å². The number of aromatic nitrogens is 9. The third-order valence-electron chi connectivity index (χ3n) is 27.3. The lowest BCUT2D eigenvalue weighted by Crippen LogP contribution is -2.01. The highest BCUT2D eigenvalue weighted by Gasteiger charge is 2.23. The van der Waals surface area contributed by atoms with Crippen molar-refractivity contribution in [2.24, 2.45) is 0 Å². The van der Waals surface area contributed by atoms with Gasteiger partial charge in [0.05, 0.1) is 55.2 Å². The van der Waals surface area contributed by atoms with Crippen LogP contribution in [0.3, 0.4) is 0 Å². The fourth-order valence-corrected chi connectivity index (χ4v) is 20.8. The number of hydrogen-bond acceptors (Lipinski definition) is 4. The van der Waals surface area contributed by atoms with Crippen LogP contribution in [0.15, 0.2) is 504 Å². The molecule has 0 aliphatic heterocycles. The van der Waals surface area contributed by atoms with Crippen molar-refractivity contribution in [1.82, 2.24) is 42.8 Å². The van der Waals surface area contributed by atoms with Gasteiger partial charge in [0.2, 0.25) is 0 Å². The fraction of sp³-hybridized carbons (Fsp3) is 0. The van der Waals surface area contributed by atoms with Gasteiger partial charge >= 0.3 is 0 Å².